The molecule has 0 bridgehead atoms. The second-order valence-corrected chi connectivity index (χ2v) is 4.37. The summed E-state index contributed by atoms with van der Waals surface area (Å²) in [4.78, 5) is 10.9. The van der Waals surface area contributed by atoms with E-state index < -0.39 is 5.38 Å². The summed E-state index contributed by atoms with van der Waals surface area (Å²) in [5.74, 6) is -0.0957. The Labute approximate surface area is 73.3 Å². The zero-order chi connectivity index (χ0) is 9.07. The zero-order valence-corrected chi connectivity index (χ0v) is 8.33. The van der Waals surface area contributed by atoms with Crippen LogP contribution in [0.3, 0.4) is 0 Å². The van der Waals surface area contributed by atoms with Crippen LogP contribution >= 0.6 is 11.6 Å². The van der Waals surface area contributed by atoms with Crippen molar-refractivity contribution >= 4 is 17.5 Å². The Kier molecular flexibility index (Phi) is 3.87. The first-order valence-corrected chi connectivity index (χ1v) is 4.16. The lowest BCUT2D eigenvalue weighted by molar-refractivity contribution is -0.120. The van der Waals surface area contributed by atoms with E-state index in [1.807, 2.05) is 0 Å². The molecule has 3 heteroatoms. The highest BCUT2D eigenvalue weighted by Crippen LogP contribution is 2.23. The Morgan fingerprint density at radius 1 is 1.55 bits per heavy atom. The second kappa shape index (κ2) is 3.96. The Bertz CT molecular complexity index is 140. The molecule has 0 aliphatic rings. The minimum atomic E-state index is -0.403. The van der Waals surface area contributed by atoms with E-state index in [0.717, 1.165) is 0 Å². The fourth-order valence-corrected chi connectivity index (χ4v) is 1.36. The maximum Gasteiger partial charge on any atom is 0.237 e. The number of amides is 1. The van der Waals surface area contributed by atoms with Gasteiger partial charge in [0.15, 0.2) is 0 Å². The molecule has 0 spiro atoms. The molecule has 0 fully saturated rings. The van der Waals surface area contributed by atoms with Gasteiger partial charge in [-0.15, -0.1) is 11.6 Å². The first-order chi connectivity index (χ1) is 4.87. The lowest BCUT2D eigenvalue weighted by atomic mass is 9.90. The fraction of sp³-hybridized carbons (Fsp3) is 0.875. The number of rotatable bonds is 2. The monoisotopic (exact) mass is 177 g/mol. The molecule has 1 N–H and O–H groups in total. The summed E-state index contributed by atoms with van der Waals surface area (Å²) >= 11 is 5.80. The molecule has 11 heavy (non-hydrogen) atoms. The van der Waals surface area contributed by atoms with E-state index in [2.05, 4.69) is 26.1 Å². The second-order valence-electron chi connectivity index (χ2n) is 3.85. The molecule has 2 nitrogen and oxygen atoms in total. The van der Waals surface area contributed by atoms with Gasteiger partial charge in [0.25, 0.3) is 0 Å². The summed E-state index contributed by atoms with van der Waals surface area (Å²) in [5, 5.41) is 2.11. The molecule has 0 aromatic rings. The minimum absolute atomic E-state index is 0.0957. The fourth-order valence-electron chi connectivity index (χ4n) is 0.787. The highest BCUT2D eigenvalue weighted by molar-refractivity contribution is 6.30. The Morgan fingerprint density at radius 3 is 2.27 bits per heavy atom. The van der Waals surface area contributed by atoms with Gasteiger partial charge in [0.2, 0.25) is 5.91 Å². The number of alkyl halides is 1. The zero-order valence-electron chi connectivity index (χ0n) is 7.57. The van der Waals surface area contributed by atoms with Gasteiger partial charge in [-0.25, -0.2) is 0 Å². The van der Waals surface area contributed by atoms with Crippen LogP contribution in [0.1, 0.15) is 27.2 Å². The predicted octanol–water partition coefficient (Wildman–Crippen LogP) is 1.78. The topological polar surface area (TPSA) is 29.1 Å². The molecule has 66 valence electrons. The van der Waals surface area contributed by atoms with E-state index in [1.165, 1.54) is 0 Å². The number of hydrogen-bond donors (Lipinski definition) is 1. The molecule has 1 amide bonds. The number of carbonyl (C=O) groups is 1. The van der Waals surface area contributed by atoms with Gasteiger partial charge in [0.05, 0.1) is 0 Å². The third-order valence-corrected chi connectivity index (χ3v) is 1.67. The van der Waals surface area contributed by atoms with Crippen LogP contribution in [0.5, 0.6) is 0 Å². The Hall–Kier alpha value is -0.240. The summed E-state index contributed by atoms with van der Waals surface area (Å²) < 4.78 is 0. The first-order valence-electron chi connectivity index (χ1n) is 3.72. The molecule has 0 aromatic heterocycles. The Balaban J connectivity index is 3.87. The summed E-state index contributed by atoms with van der Waals surface area (Å²) in [7, 11) is 1.60. The van der Waals surface area contributed by atoms with Crippen LogP contribution in [0.4, 0.5) is 0 Å². The van der Waals surface area contributed by atoms with Gasteiger partial charge in [-0.05, 0) is 11.8 Å². The third-order valence-electron chi connectivity index (χ3n) is 1.32. The van der Waals surface area contributed by atoms with Crippen molar-refractivity contribution in [1.29, 1.82) is 0 Å². The van der Waals surface area contributed by atoms with E-state index >= 15 is 0 Å². The average Bonchev–Trinajstić information content (AvgIpc) is 1.82. The van der Waals surface area contributed by atoms with Crippen LogP contribution in [0.15, 0.2) is 0 Å². The molecule has 1 atom stereocenters. The Morgan fingerprint density at radius 2 is 2.00 bits per heavy atom. The molecule has 0 saturated carbocycles. The molecule has 0 heterocycles. The van der Waals surface area contributed by atoms with Crippen molar-refractivity contribution < 1.29 is 4.79 Å². The van der Waals surface area contributed by atoms with Crippen LogP contribution in [0.2, 0.25) is 0 Å². The number of hydrogen-bond acceptors (Lipinski definition) is 1. The van der Waals surface area contributed by atoms with Crippen molar-refractivity contribution in [3.63, 3.8) is 0 Å². The lowest BCUT2D eigenvalue weighted by Gasteiger charge is -2.20. The predicted molar refractivity (Wildman–Crippen MR) is 47.8 cm³/mol. The van der Waals surface area contributed by atoms with Crippen LogP contribution in [-0.4, -0.2) is 18.3 Å². The molecular weight excluding hydrogens is 162 g/mol. The summed E-state index contributed by atoms with van der Waals surface area (Å²) in [6, 6.07) is 0. The van der Waals surface area contributed by atoms with Crippen molar-refractivity contribution in [2.75, 3.05) is 7.05 Å². The summed E-state index contributed by atoms with van der Waals surface area (Å²) in [6.45, 7) is 6.18. The van der Waals surface area contributed by atoms with Crippen molar-refractivity contribution in [2.45, 2.75) is 32.6 Å². The lowest BCUT2D eigenvalue weighted by Crippen LogP contribution is -2.30. The summed E-state index contributed by atoms with van der Waals surface area (Å²) in [5.41, 5.74) is 0.110. The molecule has 0 rings (SSSR count). The van der Waals surface area contributed by atoms with E-state index in [1.54, 1.807) is 7.05 Å². The molecule has 0 radical (unpaired) electrons. The smallest absolute Gasteiger partial charge is 0.237 e. The minimum Gasteiger partial charge on any atom is -0.358 e. The highest BCUT2D eigenvalue weighted by Gasteiger charge is 2.21. The van der Waals surface area contributed by atoms with Gasteiger partial charge in [0.1, 0.15) is 5.38 Å². The standard InChI is InChI=1S/C8H16ClNO/c1-8(2,3)5-6(9)7(11)10-4/h6H,5H2,1-4H3,(H,10,11). The molecule has 0 aromatic carbocycles. The van der Waals surface area contributed by atoms with Crippen molar-refractivity contribution in [2.24, 2.45) is 5.41 Å². The molecule has 1 unspecified atom stereocenters. The van der Waals surface area contributed by atoms with Gasteiger partial charge in [-0.2, -0.15) is 0 Å². The molecule has 0 aliphatic carbocycles. The summed E-state index contributed by atoms with van der Waals surface area (Å²) in [6.07, 6.45) is 0.703. The number of halogens is 1. The first kappa shape index (κ1) is 10.8. The van der Waals surface area contributed by atoms with Gasteiger partial charge >= 0.3 is 0 Å². The van der Waals surface area contributed by atoms with E-state index in [0.29, 0.717) is 6.42 Å². The molecule has 0 aliphatic heterocycles. The maximum absolute atomic E-state index is 10.9. The van der Waals surface area contributed by atoms with Crippen molar-refractivity contribution in [1.82, 2.24) is 5.32 Å². The van der Waals surface area contributed by atoms with Crippen LogP contribution in [0, 0.1) is 5.41 Å². The normalized spacial score (nSPS) is 14.3. The number of nitrogens with one attached hydrogen (secondary N) is 1. The van der Waals surface area contributed by atoms with Crippen LogP contribution < -0.4 is 5.32 Å². The van der Waals surface area contributed by atoms with Gasteiger partial charge in [-0.1, -0.05) is 20.8 Å². The van der Waals surface area contributed by atoms with E-state index in [4.69, 9.17) is 11.6 Å². The number of carbonyl (C=O) groups excluding carboxylic acids is 1. The van der Waals surface area contributed by atoms with Crippen LogP contribution in [-0.2, 0) is 4.79 Å². The van der Waals surface area contributed by atoms with Crippen LogP contribution in [0.25, 0.3) is 0 Å². The largest absolute Gasteiger partial charge is 0.358 e. The maximum atomic E-state index is 10.9. The quantitative estimate of drug-likeness (QED) is 0.641. The van der Waals surface area contributed by atoms with E-state index in [9.17, 15) is 4.79 Å². The molecular formula is C8H16ClNO. The van der Waals surface area contributed by atoms with Gasteiger partial charge < -0.3 is 5.32 Å². The SMILES string of the molecule is CNC(=O)C(Cl)CC(C)(C)C. The van der Waals surface area contributed by atoms with Gasteiger partial charge in [0, 0.05) is 7.05 Å². The third kappa shape index (κ3) is 5.08. The van der Waals surface area contributed by atoms with Crippen molar-refractivity contribution in [3.05, 3.63) is 0 Å². The van der Waals surface area contributed by atoms with Gasteiger partial charge in [-0.3, -0.25) is 4.79 Å². The average molecular weight is 178 g/mol. The van der Waals surface area contributed by atoms with Crippen molar-refractivity contribution in [3.8, 4) is 0 Å². The molecule has 0 saturated heterocycles. The highest BCUT2D eigenvalue weighted by atomic mass is 35.5. The van der Waals surface area contributed by atoms with E-state index in [-0.39, 0.29) is 11.3 Å².